The number of hydrazone groups is 1. The van der Waals surface area contributed by atoms with Gasteiger partial charge in [0.2, 0.25) is 0 Å². The Morgan fingerprint density at radius 1 is 1.47 bits per heavy atom. The van der Waals surface area contributed by atoms with E-state index in [0.717, 1.165) is 30.8 Å². The second kappa shape index (κ2) is 7.98. The summed E-state index contributed by atoms with van der Waals surface area (Å²) >= 11 is 2.85. The minimum atomic E-state index is 0.716. The molecule has 0 spiro atoms. The average Bonchev–Trinajstić information content (AvgIpc) is 2.37. The van der Waals surface area contributed by atoms with Crippen molar-refractivity contribution in [2.75, 3.05) is 6.54 Å². The SMILES string of the molecule is CCCCN=C([Se])NN=C(C)c1ccccn1. The van der Waals surface area contributed by atoms with E-state index in [9.17, 15) is 0 Å². The molecule has 0 saturated heterocycles. The first-order valence-electron chi connectivity index (χ1n) is 5.67. The molecule has 4 nitrogen and oxygen atoms in total. The molecule has 0 aliphatic carbocycles. The summed E-state index contributed by atoms with van der Waals surface area (Å²) < 4.78 is 0.716. The van der Waals surface area contributed by atoms with Gasteiger partial charge in [0.25, 0.3) is 0 Å². The van der Waals surface area contributed by atoms with Gasteiger partial charge in [-0.2, -0.15) is 0 Å². The number of pyridine rings is 1. The van der Waals surface area contributed by atoms with Gasteiger partial charge in [0, 0.05) is 0 Å². The molecule has 1 rings (SSSR count). The normalized spacial score (nSPS) is 12.6. The molecular formula is C12H17N4Se. The van der Waals surface area contributed by atoms with Crippen LogP contribution in [0, 0.1) is 0 Å². The number of rotatable bonds is 5. The van der Waals surface area contributed by atoms with E-state index in [1.807, 2.05) is 25.1 Å². The van der Waals surface area contributed by atoms with E-state index in [1.165, 1.54) is 0 Å². The van der Waals surface area contributed by atoms with Crippen molar-refractivity contribution in [3.8, 4) is 0 Å². The molecule has 1 aromatic heterocycles. The van der Waals surface area contributed by atoms with Gasteiger partial charge in [-0.15, -0.1) is 0 Å². The van der Waals surface area contributed by atoms with E-state index >= 15 is 0 Å². The predicted molar refractivity (Wildman–Crippen MR) is 72.5 cm³/mol. The molecule has 5 heteroatoms. The van der Waals surface area contributed by atoms with Crippen LogP contribution in [0.2, 0.25) is 0 Å². The fourth-order valence-corrected chi connectivity index (χ4v) is 1.43. The van der Waals surface area contributed by atoms with Gasteiger partial charge < -0.3 is 0 Å². The molecule has 0 bridgehead atoms. The van der Waals surface area contributed by atoms with Gasteiger partial charge in [-0.25, -0.2) is 0 Å². The topological polar surface area (TPSA) is 49.6 Å². The molecule has 1 heterocycles. The van der Waals surface area contributed by atoms with Crippen LogP contribution < -0.4 is 5.43 Å². The number of unbranched alkanes of at least 4 members (excludes halogenated alkanes) is 1. The van der Waals surface area contributed by atoms with Crippen LogP contribution in [0.1, 0.15) is 32.4 Å². The second-order valence-corrected chi connectivity index (χ2v) is 4.38. The summed E-state index contributed by atoms with van der Waals surface area (Å²) in [6.45, 7) is 4.88. The first-order valence-corrected chi connectivity index (χ1v) is 6.53. The number of aromatic nitrogens is 1. The number of amidine groups is 1. The van der Waals surface area contributed by atoms with Crippen molar-refractivity contribution >= 4 is 26.5 Å². The Morgan fingerprint density at radius 3 is 2.94 bits per heavy atom. The van der Waals surface area contributed by atoms with Crippen LogP contribution in [-0.4, -0.2) is 38.0 Å². The zero-order valence-electron chi connectivity index (χ0n) is 10.2. The molecular weight excluding hydrogens is 279 g/mol. The molecule has 0 aliphatic rings. The molecule has 1 N–H and O–H groups in total. The predicted octanol–water partition coefficient (Wildman–Crippen LogP) is 1.72. The van der Waals surface area contributed by atoms with Gasteiger partial charge in [-0.1, -0.05) is 0 Å². The van der Waals surface area contributed by atoms with Gasteiger partial charge >= 0.3 is 110 Å². The van der Waals surface area contributed by atoms with Gasteiger partial charge in [0.15, 0.2) is 0 Å². The van der Waals surface area contributed by atoms with Crippen LogP contribution in [0.25, 0.3) is 0 Å². The Kier molecular flexibility index (Phi) is 6.51. The Balaban J connectivity index is 2.51. The van der Waals surface area contributed by atoms with Crippen molar-refractivity contribution in [2.24, 2.45) is 10.1 Å². The van der Waals surface area contributed by atoms with Crippen LogP contribution in [0.3, 0.4) is 0 Å². The fourth-order valence-electron chi connectivity index (χ4n) is 1.14. The summed E-state index contributed by atoms with van der Waals surface area (Å²) in [4.78, 5) is 8.51. The van der Waals surface area contributed by atoms with Gasteiger partial charge in [0.1, 0.15) is 0 Å². The summed E-state index contributed by atoms with van der Waals surface area (Å²) in [5.74, 6) is 0. The molecule has 91 valence electrons. The third kappa shape index (κ3) is 5.61. The van der Waals surface area contributed by atoms with E-state index in [2.05, 4.69) is 43.4 Å². The maximum atomic E-state index is 4.30. The van der Waals surface area contributed by atoms with Crippen molar-refractivity contribution in [3.05, 3.63) is 30.1 Å². The second-order valence-electron chi connectivity index (χ2n) is 3.56. The molecule has 0 amide bonds. The van der Waals surface area contributed by atoms with Crippen LogP contribution in [0.4, 0.5) is 0 Å². The van der Waals surface area contributed by atoms with Crippen molar-refractivity contribution < 1.29 is 0 Å². The Hall–Kier alpha value is -1.19. The van der Waals surface area contributed by atoms with Crippen LogP contribution in [-0.2, 0) is 0 Å². The number of hydrogen-bond donors (Lipinski definition) is 1. The van der Waals surface area contributed by atoms with E-state index in [-0.39, 0.29) is 0 Å². The maximum absolute atomic E-state index is 4.30. The third-order valence-electron chi connectivity index (χ3n) is 2.12. The molecule has 0 fully saturated rings. The number of hydrogen-bond acceptors (Lipinski definition) is 3. The quantitative estimate of drug-likeness (QED) is 0.296. The Labute approximate surface area is 110 Å². The Bertz CT molecular complexity index is 387. The summed E-state index contributed by atoms with van der Waals surface area (Å²) in [5, 5.41) is 4.22. The van der Waals surface area contributed by atoms with Gasteiger partial charge in [-0.3, -0.25) is 0 Å². The van der Waals surface area contributed by atoms with Crippen molar-refractivity contribution in [3.63, 3.8) is 0 Å². The zero-order chi connectivity index (χ0) is 12.5. The molecule has 0 atom stereocenters. The van der Waals surface area contributed by atoms with Crippen molar-refractivity contribution in [1.29, 1.82) is 0 Å². The average molecular weight is 296 g/mol. The molecule has 0 saturated carbocycles. The first-order chi connectivity index (χ1) is 8.24. The van der Waals surface area contributed by atoms with E-state index in [4.69, 9.17) is 0 Å². The standard InChI is InChI=1S/C12H17N4Se/c1-3-4-8-14-12(17)16-15-10(2)11-7-5-6-9-13-11/h5-7,9H,3-4,8H2,1-2H3,(H,14,16). The molecule has 1 radical (unpaired) electrons. The summed E-state index contributed by atoms with van der Waals surface area (Å²) in [5.41, 5.74) is 4.58. The van der Waals surface area contributed by atoms with E-state index in [0.29, 0.717) is 4.73 Å². The molecule has 1 aromatic rings. The summed E-state index contributed by atoms with van der Waals surface area (Å²) in [6.07, 6.45) is 3.99. The van der Waals surface area contributed by atoms with E-state index < -0.39 is 0 Å². The molecule has 0 unspecified atom stereocenters. The number of aliphatic imine (C=N–C) groups is 1. The molecule has 0 aromatic carbocycles. The van der Waals surface area contributed by atoms with Crippen LogP contribution >= 0.6 is 0 Å². The summed E-state index contributed by atoms with van der Waals surface area (Å²) in [7, 11) is 0. The van der Waals surface area contributed by atoms with E-state index in [1.54, 1.807) is 6.20 Å². The van der Waals surface area contributed by atoms with Crippen molar-refractivity contribution in [1.82, 2.24) is 10.4 Å². The number of nitrogens with zero attached hydrogens (tertiary/aromatic N) is 3. The molecule has 0 aliphatic heterocycles. The van der Waals surface area contributed by atoms with Crippen LogP contribution in [0.15, 0.2) is 34.5 Å². The minimum absolute atomic E-state index is 0.716. The third-order valence-corrected chi connectivity index (χ3v) is 2.58. The number of nitrogens with one attached hydrogen (secondary N) is 1. The Morgan fingerprint density at radius 2 is 2.29 bits per heavy atom. The molecule has 17 heavy (non-hydrogen) atoms. The van der Waals surface area contributed by atoms with Crippen LogP contribution in [0.5, 0.6) is 0 Å². The van der Waals surface area contributed by atoms with Gasteiger partial charge in [-0.05, 0) is 0 Å². The fraction of sp³-hybridized carbons (Fsp3) is 0.417. The summed E-state index contributed by atoms with van der Waals surface area (Å²) in [6, 6.07) is 5.75. The zero-order valence-corrected chi connectivity index (χ0v) is 11.9. The van der Waals surface area contributed by atoms with Crippen molar-refractivity contribution in [2.45, 2.75) is 26.7 Å². The van der Waals surface area contributed by atoms with Gasteiger partial charge in [0.05, 0.1) is 0 Å². The monoisotopic (exact) mass is 297 g/mol. The first kappa shape index (κ1) is 13.9.